The molecule has 0 radical (unpaired) electrons. The number of nitrogens with zero attached hydrogens (tertiary/aromatic N) is 4. The van der Waals surface area contributed by atoms with Crippen LogP contribution in [0.15, 0.2) is 59.5 Å². The molecule has 0 saturated carbocycles. The van der Waals surface area contributed by atoms with Crippen molar-refractivity contribution in [3.63, 3.8) is 0 Å². The van der Waals surface area contributed by atoms with Gasteiger partial charge in [-0.05, 0) is 37.1 Å². The molecule has 144 valence electrons. The molecule has 4 rings (SSSR count). The van der Waals surface area contributed by atoms with E-state index in [1.54, 1.807) is 11.1 Å². The largest absolute Gasteiger partial charge is 0.423 e. The van der Waals surface area contributed by atoms with E-state index >= 15 is 0 Å². The van der Waals surface area contributed by atoms with Crippen molar-refractivity contribution in [1.82, 2.24) is 20.1 Å². The molecule has 28 heavy (non-hydrogen) atoms. The number of benzene rings is 1. The maximum atomic E-state index is 13.1. The fourth-order valence-electron chi connectivity index (χ4n) is 3.20. The summed E-state index contributed by atoms with van der Waals surface area (Å²) in [5.74, 6) is 0.353. The van der Waals surface area contributed by atoms with E-state index in [0.717, 1.165) is 25.1 Å². The van der Waals surface area contributed by atoms with Crippen LogP contribution in [-0.4, -0.2) is 45.4 Å². The Hall–Kier alpha value is -3.26. The lowest BCUT2D eigenvalue weighted by atomic mass is 10.1. The lowest BCUT2D eigenvalue weighted by Crippen LogP contribution is -2.40. The van der Waals surface area contributed by atoms with Gasteiger partial charge in [-0.25, -0.2) is 4.79 Å². The van der Waals surface area contributed by atoms with Crippen molar-refractivity contribution in [3.05, 3.63) is 60.7 Å². The minimum absolute atomic E-state index is 0.0423. The Bertz CT molecular complexity index is 895. The third-order valence-corrected chi connectivity index (χ3v) is 4.57. The number of pyridine rings is 1. The molecule has 3 heterocycles. The Kier molecular flexibility index (Phi) is 5.58. The van der Waals surface area contributed by atoms with Gasteiger partial charge in [-0.2, -0.15) is 0 Å². The number of anilines is 1. The zero-order valence-corrected chi connectivity index (χ0v) is 15.3. The molecule has 1 N–H and O–H groups in total. The molecule has 0 unspecified atom stereocenters. The van der Waals surface area contributed by atoms with Crippen LogP contribution in [0.5, 0.6) is 0 Å². The number of carbonyl (C=O) groups is 1. The average molecular weight is 379 g/mol. The Balaban J connectivity index is 1.53. The highest BCUT2D eigenvalue weighted by Crippen LogP contribution is 2.26. The zero-order valence-electron chi connectivity index (χ0n) is 15.3. The number of hydrogen-bond acceptors (Lipinski definition) is 6. The van der Waals surface area contributed by atoms with Crippen molar-refractivity contribution in [2.75, 3.05) is 18.5 Å². The number of amides is 2. The van der Waals surface area contributed by atoms with Crippen LogP contribution in [0.1, 0.15) is 18.5 Å². The normalized spacial score (nSPS) is 16.1. The molecule has 8 nitrogen and oxygen atoms in total. The van der Waals surface area contributed by atoms with Gasteiger partial charge in [0.25, 0.3) is 0 Å². The number of hydrogen-bond donors (Lipinski definition) is 1. The summed E-state index contributed by atoms with van der Waals surface area (Å²) in [5, 5.41) is 10.6. The Labute approximate surface area is 162 Å². The van der Waals surface area contributed by atoms with E-state index < -0.39 is 0 Å². The first-order valence-corrected chi connectivity index (χ1v) is 9.22. The van der Waals surface area contributed by atoms with Crippen LogP contribution in [0.3, 0.4) is 0 Å². The Morgan fingerprint density at radius 2 is 2.11 bits per heavy atom. The third-order valence-electron chi connectivity index (χ3n) is 4.57. The standard InChI is InChI=1S/C20H21N5O3/c26-20(23-18-9-2-1-8-17(18)19-24-22-14-28-19)25(13-16-7-5-11-27-16)12-15-6-3-4-10-21-15/h1-4,6,8-10,14,16H,5,7,11-13H2,(H,23,26)/t16-/m0/s1. The molecule has 2 amide bonds. The van der Waals surface area contributed by atoms with Crippen molar-refractivity contribution in [2.45, 2.75) is 25.5 Å². The topological polar surface area (TPSA) is 93.4 Å². The SMILES string of the molecule is O=C(Nc1ccccc1-c1nnco1)N(Cc1ccccn1)C[C@@H]1CCCO1. The van der Waals surface area contributed by atoms with Crippen molar-refractivity contribution in [3.8, 4) is 11.5 Å². The van der Waals surface area contributed by atoms with Crippen molar-refractivity contribution < 1.29 is 13.9 Å². The van der Waals surface area contributed by atoms with Gasteiger partial charge in [0, 0.05) is 19.3 Å². The maximum Gasteiger partial charge on any atom is 0.322 e. The number of rotatable bonds is 6. The van der Waals surface area contributed by atoms with E-state index in [1.165, 1.54) is 6.39 Å². The van der Waals surface area contributed by atoms with Gasteiger partial charge < -0.3 is 19.4 Å². The zero-order chi connectivity index (χ0) is 19.2. The van der Waals surface area contributed by atoms with Gasteiger partial charge in [-0.3, -0.25) is 4.98 Å². The molecule has 1 aliphatic rings. The summed E-state index contributed by atoms with van der Waals surface area (Å²) in [5.41, 5.74) is 2.10. The van der Waals surface area contributed by atoms with Crippen LogP contribution in [0.4, 0.5) is 10.5 Å². The molecule has 0 bridgehead atoms. The summed E-state index contributed by atoms with van der Waals surface area (Å²) in [7, 11) is 0. The highest BCUT2D eigenvalue weighted by Gasteiger charge is 2.24. The van der Waals surface area contributed by atoms with Crippen LogP contribution in [0, 0.1) is 0 Å². The van der Waals surface area contributed by atoms with E-state index in [9.17, 15) is 4.79 Å². The predicted molar refractivity (Wildman–Crippen MR) is 102 cm³/mol. The number of urea groups is 1. The molecule has 1 atom stereocenters. The Morgan fingerprint density at radius 3 is 2.86 bits per heavy atom. The molecule has 8 heteroatoms. The fourth-order valence-corrected chi connectivity index (χ4v) is 3.20. The number of nitrogens with one attached hydrogen (secondary N) is 1. The molecular formula is C20H21N5O3. The molecule has 2 aromatic heterocycles. The molecule has 0 aliphatic carbocycles. The van der Waals surface area contributed by atoms with Crippen LogP contribution >= 0.6 is 0 Å². The monoisotopic (exact) mass is 379 g/mol. The minimum Gasteiger partial charge on any atom is -0.423 e. The lowest BCUT2D eigenvalue weighted by molar-refractivity contribution is 0.0816. The number of ether oxygens (including phenoxy) is 1. The van der Waals surface area contributed by atoms with Gasteiger partial charge in [-0.1, -0.05) is 18.2 Å². The van der Waals surface area contributed by atoms with Crippen molar-refractivity contribution in [2.24, 2.45) is 0 Å². The van der Waals surface area contributed by atoms with E-state index in [-0.39, 0.29) is 12.1 Å². The first-order chi connectivity index (χ1) is 13.8. The molecular weight excluding hydrogens is 358 g/mol. The quantitative estimate of drug-likeness (QED) is 0.706. The molecule has 1 aliphatic heterocycles. The van der Waals surface area contributed by atoms with Crippen LogP contribution in [0.25, 0.3) is 11.5 Å². The second kappa shape index (κ2) is 8.62. The van der Waals surface area contributed by atoms with Crippen molar-refractivity contribution in [1.29, 1.82) is 0 Å². The van der Waals surface area contributed by atoms with Gasteiger partial charge in [0.15, 0.2) is 0 Å². The lowest BCUT2D eigenvalue weighted by Gasteiger charge is -2.26. The van der Waals surface area contributed by atoms with Gasteiger partial charge in [0.1, 0.15) is 0 Å². The van der Waals surface area contributed by atoms with Crippen LogP contribution in [-0.2, 0) is 11.3 Å². The first kappa shape index (κ1) is 18.1. The summed E-state index contributed by atoms with van der Waals surface area (Å²) >= 11 is 0. The second-order valence-corrected chi connectivity index (χ2v) is 6.56. The maximum absolute atomic E-state index is 13.1. The van der Waals surface area contributed by atoms with Gasteiger partial charge in [0.05, 0.1) is 29.6 Å². The number of aromatic nitrogens is 3. The van der Waals surface area contributed by atoms with E-state index in [0.29, 0.717) is 30.2 Å². The van der Waals surface area contributed by atoms with Crippen LogP contribution < -0.4 is 5.32 Å². The number of para-hydroxylation sites is 1. The fraction of sp³-hybridized carbons (Fsp3) is 0.300. The Morgan fingerprint density at radius 1 is 1.21 bits per heavy atom. The predicted octanol–water partition coefficient (Wildman–Crippen LogP) is 3.34. The molecule has 3 aromatic rings. The van der Waals surface area contributed by atoms with Crippen molar-refractivity contribution >= 4 is 11.7 Å². The van der Waals surface area contributed by atoms with E-state index in [2.05, 4.69) is 20.5 Å². The molecule has 1 aromatic carbocycles. The second-order valence-electron chi connectivity index (χ2n) is 6.56. The first-order valence-electron chi connectivity index (χ1n) is 9.22. The molecule has 1 saturated heterocycles. The smallest absolute Gasteiger partial charge is 0.322 e. The third kappa shape index (κ3) is 4.34. The van der Waals surface area contributed by atoms with Gasteiger partial charge >= 0.3 is 6.03 Å². The van der Waals surface area contributed by atoms with E-state index in [4.69, 9.17) is 9.15 Å². The minimum atomic E-state index is -0.229. The summed E-state index contributed by atoms with van der Waals surface area (Å²) in [6.07, 6.45) is 5.00. The number of carbonyl (C=O) groups excluding carboxylic acids is 1. The average Bonchev–Trinajstić information content (AvgIpc) is 3.43. The van der Waals surface area contributed by atoms with Gasteiger partial charge in [-0.15, -0.1) is 10.2 Å². The summed E-state index contributed by atoms with van der Waals surface area (Å²) < 4.78 is 11.0. The highest BCUT2D eigenvalue weighted by atomic mass is 16.5. The summed E-state index contributed by atoms with van der Waals surface area (Å²) in [6.45, 7) is 1.64. The highest BCUT2D eigenvalue weighted by molar-refractivity contribution is 5.93. The van der Waals surface area contributed by atoms with Crippen LogP contribution in [0.2, 0.25) is 0 Å². The summed E-state index contributed by atoms with van der Waals surface area (Å²) in [6, 6.07) is 12.8. The summed E-state index contributed by atoms with van der Waals surface area (Å²) in [4.78, 5) is 19.2. The molecule has 0 spiro atoms. The van der Waals surface area contributed by atoms with Gasteiger partial charge in [0.2, 0.25) is 12.3 Å². The van der Waals surface area contributed by atoms with E-state index in [1.807, 2.05) is 42.5 Å². The molecule has 1 fully saturated rings.